The molecule has 0 amide bonds. The van der Waals surface area contributed by atoms with Gasteiger partial charge in [-0.1, -0.05) is 25.5 Å². The molecule has 0 bridgehead atoms. The average Bonchev–Trinajstić information content (AvgIpc) is 3.15. The number of carboxylic acids is 2. The van der Waals surface area contributed by atoms with E-state index in [4.69, 9.17) is 34.4 Å². The number of fused-ring (bicyclic) bond motifs is 2. The van der Waals surface area contributed by atoms with Crippen LogP contribution in [-0.4, -0.2) is 109 Å². The Morgan fingerprint density at radius 1 is 1.31 bits per heavy atom. The van der Waals surface area contributed by atoms with E-state index in [2.05, 4.69) is 24.8 Å². The monoisotopic (exact) mass is 512 g/mol. The summed E-state index contributed by atoms with van der Waals surface area (Å²) in [5.41, 5.74) is 1.07. The normalized spacial score (nSPS) is 34.5. The Hall–Kier alpha value is -2.05. The number of carbonyl (C=O) groups excluding carboxylic acids is 2. The number of piperazine rings is 1. The van der Waals surface area contributed by atoms with Crippen LogP contribution in [0.5, 0.6) is 0 Å². The predicted molar refractivity (Wildman–Crippen MR) is 125 cm³/mol. The van der Waals surface area contributed by atoms with Crippen LogP contribution in [0.25, 0.3) is 0 Å². The van der Waals surface area contributed by atoms with E-state index in [-0.39, 0.29) is 35.9 Å². The van der Waals surface area contributed by atoms with Crippen molar-refractivity contribution in [3.8, 4) is 0 Å². The summed E-state index contributed by atoms with van der Waals surface area (Å²) in [4.78, 5) is 34.6. The maximum absolute atomic E-state index is 12.8. The quantitative estimate of drug-likeness (QED) is 0.122. The fraction of sp³-hybridized carbons (Fsp3) is 0.800. The predicted octanol–water partition coefficient (Wildman–Crippen LogP) is -2.70. The van der Waals surface area contributed by atoms with Gasteiger partial charge in [0, 0.05) is 37.4 Å². The van der Waals surface area contributed by atoms with Gasteiger partial charge in [-0.3, -0.25) is 9.69 Å². The third-order valence-corrected chi connectivity index (χ3v) is 8.60. The zero-order chi connectivity index (χ0) is 26.5. The molecule has 0 spiro atoms. The molecular formula is C25H40N2O9. The number of aliphatic carboxylic acids is 2. The van der Waals surface area contributed by atoms with Crippen LogP contribution in [0.1, 0.15) is 33.1 Å². The van der Waals surface area contributed by atoms with Gasteiger partial charge in [-0.25, -0.2) is 4.79 Å². The Morgan fingerprint density at radius 2 is 1.97 bits per heavy atom. The lowest BCUT2D eigenvalue weighted by Gasteiger charge is -2.51. The van der Waals surface area contributed by atoms with Crippen molar-refractivity contribution in [2.24, 2.45) is 23.2 Å². The molecule has 2 aliphatic heterocycles. The molecule has 4 N–H and O–H groups in total. The number of nitrogens with one attached hydrogen (secondary N) is 1. The number of quaternary nitrogens is 1. The molecule has 0 aromatic rings. The summed E-state index contributed by atoms with van der Waals surface area (Å²) in [5.74, 6) is -3.98. The van der Waals surface area contributed by atoms with E-state index in [0.29, 0.717) is 19.1 Å². The summed E-state index contributed by atoms with van der Waals surface area (Å²) < 4.78 is 11.2. The molecule has 3 unspecified atom stereocenters. The molecule has 4 aliphatic rings. The number of aliphatic hydroxyl groups is 2. The van der Waals surface area contributed by atoms with Crippen molar-refractivity contribution in [2.75, 3.05) is 59.1 Å². The zero-order valence-electron chi connectivity index (χ0n) is 21.2. The molecule has 0 aromatic heterocycles. The standard InChI is InChI=1S/C23H38N2O5.C2H2O4/c1-16-4-3-5-17-14-19-20(21(27)23(16,17)2)18(22(28)30-19)15-25-8-6-24(7-9-25)10-12-29-13-11-26;3-1(4)2(5)6/h5,16,18-21,26-27H,3-4,6-15H2,1-2H3;(H,3,4)(H,5,6)/t16?,18?,19-,20-,21?,23-;/m1./s1. The highest BCUT2D eigenvalue weighted by molar-refractivity contribution is 6.26. The number of allylic oxidation sites excluding steroid dienone is 1. The van der Waals surface area contributed by atoms with E-state index in [1.54, 1.807) is 0 Å². The summed E-state index contributed by atoms with van der Waals surface area (Å²) in [6, 6.07) is 0. The molecule has 2 heterocycles. The Labute approximate surface area is 211 Å². The fourth-order valence-electron chi connectivity index (χ4n) is 6.27. The van der Waals surface area contributed by atoms with Crippen LogP contribution < -0.4 is 10.0 Å². The number of rotatable bonds is 7. The number of hydrogen-bond donors (Lipinski definition) is 4. The van der Waals surface area contributed by atoms with Crippen molar-refractivity contribution in [3.05, 3.63) is 11.6 Å². The number of nitrogens with zero attached hydrogens (tertiary/aromatic N) is 1. The van der Waals surface area contributed by atoms with Crippen LogP contribution in [0.2, 0.25) is 0 Å². The number of hydrogen-bond acceptors (Lipinski definition) is 9. The first-order chi connectivity index (χ1) is 17.1. The molecule has 2 aliphatic carbocycles. The van der Waals surface area contributed by atoms with Crippen molar-refractivity contribution < 1.29 is 49.2 Å². The second kappa shape index (κ2) is 12.5. The lowest BCUT2D eigenvalue weighted by atomic mass is 9.55. The maximum atomic E-state index is 12.8. The SMILES string of the molecule is CC1CCC=C2C[C@H]3OC(=O)C(C[NH+]4CCN(CCOCCO)CC4)[C@H]3C(O)[C@@]21C.O=C([O-])C(=O)O. The highest BCUT2D eigenvalue weighted by Gasteiger charge is 2.60. The van der Waals surface area contributed by atoms with Crippen LogP contribution in [0.15, 0.2) is 11.6 Å². The van der Waals surface area contributed by atoms with Gasteiger partial charge in [0.1, 0.15) is 12.0 Å². The lowest BCUT2D eigenvalue weighted by molar-refractivity contribution is -0.907. The van der Waals surface area contributed by atoms with Gasteiger partial charge in [-0.15, -0.1) is 0 Å². The summed E-state index contributed by atoms with van der Waals surface area (Å²) in [7, 11) is 0. The highest BCUT2D eigenvalue weighted by Crippen LogP contribution is 2.55. The summed E-state index contributed by atoms with van der Waals surface area (Å²) in [6.45, 7) is 11.2. The smallest absolute Gasteiger partial charge is 0.351 e. The number of esters is 1. The molecule has 11 heteroatoms. The number of carboxylic acid groups (broad SMARTS) is 2. The topological polar surface area (TPSA) is 161 Å². The largest absolute Gasteiger partial charge is 0.539 e. The molecule has 6 atom stereocenters. The second-order valence-corrected chi connectivity index (χ2v) is 10.5. The fourth-order valence-corrected chi connectivity index (χ4v) is 6.27. The first kappa shape index (κ1) is 28.5. The molecule has 36 heavy (non-hydrogen) atoms. The van der Waals surface area contributed by atoms with Crippen LogP contribution >= 0.6 is 0 Å². The van der Waals surface area contributed by atoms with Gasteiger partial charge in [-0.2, -0.15) is 0 Å². The summed E-state index contributed by atoms with van der Waals surface area (Å²) in [5, 5.41) is 36.6. The van der Waals surface area contributed by atoms with E-state index in [0.717, 1.165) is 58.5 Å². The van der Waals surface area contributed by atoms with Crippen molar-refractivity contribution >= 4 is 17.9 Å². The van der Waals surface area contributed by atoms with Gasteiger partial charge < -0.3 is 39.6 Å². The molecular weight excluding hydrogens is 472 g/mol. The highest BCUT2D eigenvalue weighted by atomic mass is 16.6. The summed E-state index contributed by atoms with van der Waals surface area (Å²) in [6.07, 6.45) is 4.57. The van der Waals surface area contributed by atoms with Crippen LogP contribution in [0, 0.1) is 23.2 Å². The van der Waals surface area contributed by atoms with Crippen LogP contribution in [0.4, 0.5) is 0 Å². The Morgan fingerprint density at radius 3 is 2.58 bits per heavy atom. The minimum absolute atomic E-state index is 0.0680. The molecule has 3 fully saturated rings. The van der Waals surface area contributed by atoms with E-state index in [1.165, 1.54) is 10.5 Å². The zero-order valence-corrected chi connectivity index (χ0v) is 21.2. The summed E-state index contributed by atoms with van der Waals surface area (Å²) >= 11 is 0. The van der Waals surface area contributed by atoms with Gasteiger partial charge in [0.2, 0.25) is 0 Å². The maximum Gasteiger partial charge on any atom is 0.351 e. The van der Waals surface area contributed by atoms with Crippen LogP contribution in [-0.2, 0) is 23.9 Å². The first-order valence-corrected chi connectivity index (χ1v) is 12.9. The molecule has 4 rings (SSSR count). The Balaban J connectivity index is 0.000000538. The van der Waals surface area contributed by atoms with Crippen molar-refractivity contribution in [1.29, 1.82) is 0 Å². The van der Waals surface area contributed by atoms with Crippen molar-refractivity contribution in [1.82, 2.24) is 4.90 Å². The molecule has 0 radical (unpaired) electrons. The Kier molecular flexibility index (Phi) is 9.87. The van der Waals surface area contributed by atoms with E-state index < -0.39 is 18.0 Å². The molecule has 11 nitrogen and oxygen atoms in total. The van der Waals surface area contributed by atoms with Crippen LogP contribution in [0.3, 0.4) is 0 Å². The minimum Gasteiger partial charge on any atom is -0.539 e. The van der Waals surface area contributed by atoms with Gasteiger partial charge >= 0.3 is 11.9 Å². The molecule has 1 saturated carbocycles. The van der Waals surface area contributed by atoms with Gasteiger partial charge in [0.15, 0.2) is 5.97 Å². The second-order valence-electron chi connectivity index (χ2n) is 10.5. The van der Waals surface area contributed by atoms with E-state index in [9.17, 15) is 9.90 Å². The lowest BCUT2D eigenvalue weighted by Crippen LogP contribution is -3.15. The molecule has 2 saturated heterocycles. The van der Waals surface area contributed by atoms with Gasteiger partial charge in [-0.05, 0) is 18.8 Å². The first-order valence-electron chi connectivity index (χ1n) is 12.9. The van der Waals surface area contributed by atoms with Crippen molar-refractivity contribution in [3.63, 3.8) is 0 Å². The third kappa shape index (κ3) is 6.25. The average molecular weight is 513 g/mol. The molecule has 204 valence electrons. The number of aliphatic hydroxyl groups excluding tert-OH is 2. The number of ether oxygens (including phenoxy) is 2. The third-order valence-electron chi connectivity index (χ3n) is 8.60. The van der Waals surface area contributed by atoms with E-state index >= 15 is 0 Å². The van der Waals surface area contributed by atoms with Crippen molar-refractivity contribution in [2.45, 2.75) is 45.3 Å². The Bertz CT molecular complexity index is 814. The number of carbonyl (C=O) groups is 3. The van der Waals surface area contributed by atoms with Gasteiger partial charge in [0.05, 0.1) is 45.6 Å². The minimum atomic E-state index is -2.07. The van der Waals surface area contributed by atoms with E-state index in [1.807, 2.05) is 0 Å². The van der Waals surface area contributed by atoms with Gasteiger partial charge in [0.25, 0.3) is 0 Å². The molecule has 0 aromatic carbocycles.